The Labute approximate surface area is 247 Å². The van der Waals surface area contributed by atoms with E-state index in [1.807, 2.05) is 42.5 Å². The van der Waals surface area contributed by atoms with Gasteiger partial charge in [0.05, 0.1) is 31.9 Å². The number of benzene rings is 2. The molecule has 9 nitrogen and oxygen atoms in total. The average molecular weight is 579 g/mol. The van der Waals surface area contributed by atoms with Gasteiger partial charge < -0.3 is 25.2 Å². The van der Waals surface area contributed by atoms with E-state index in [0.29, 0.717) is 44.5 Å². The van der Waals surface area contributed by atoms with E-state index in [1.165, 1.54) is 0 Å². The zero-order valence-corrected chi connectivity index (χ0v) is 24.6. The summed E-state index contributed by atoms with van der Waals surface area (Å²) in [5.74, 6) is -1.41. The van der Waals surface area contributed by atoms with Crippen LogP contribution in [0.1, 0.15) is 57.1 Å². The number of aliphatic hydroxyl groups excluding tert-OH is 1. The molecule has 1 heterocycles. The zero-order chi connectivity index (χ0) is 30.3. The average Bonchev–Trinajstić information content (AvgIpc) is 3.75. The van der Waals surface area contributed by atoms with Gasteiger partial charge >= 0.3 is 0 Å². The van der Waals surface area contributed by atoms with Crippen molar-refractivity contribution in [2.24, 2.45) is 11.8 Å². The summed E-state index contributed by atoms with van der Waals surface area (Å²) in [4.78, 5) is 53.3. The molecule has 2 fully saturated rings. The van der Waals surface area contributed by atoms with Gasteiger partial charge in [0.15, 0.2) is 11.6 Å². The smallest absolute Gasteiger partial charge is 0.224 e. The molecular formula is C33H42N2O7. The molecule has 4 atom stereocenters. The van der Waals surface area contributed by atoms with Crippen LogP contribution in [0, 0.1) is 11.8 Å². The normalized spacial score (nSPS) is 23.6. The van der Waals surface area contributed by atoms with Crippen LogP contribution >= 0.6 is 0 Å². The maximum atomic E-state index is 13.8. The highest BCUT2D eigenvalue weighted by Gasteiger charge is 2.50. The fourth-order valence-electron chi connectivity index (χ4n) is 5.44. The fraction of sp³-hybridized carbons (Fsp3) is 0.515. The summed E-state index contributed by atoms with van der Waals surface area (Å²) >= 11 is 0. The molecule has 0 bridgehead atoms. The van der Waals surface area contributed by atoms with Crippen molar-refractivity contribution in [3.05, 3.63) is 65.7 Å². The molecule has 9 heteroatoms. The van der Waals surface area contributed by atoms with Gasteiger partial charge in [0.25, 0.3) is 0 Å². The minimum Gasteiger partial charge on any atom is -0.497 e. The Morgan fingerprint density at radius 3 is 2.17 bits per heavy atom. The van der Waals surface area contributed by atoms with Crippen molar-refractivity contribution in [2.45, 2.75) is 82.6 Å². The molecule has 2 aliphatic rings. The number of ketones is 2. The molecular weight excluding hydrogens is 536 g/mol. The predicted molar refractivity (Wildman–Crippen MR) is 157 cm³/mol. The molecule has 2 aromatic rings. The van der Waals surface area contributed by atoms with Crippen molar-refractivity contribution in [3.63, 3.8) is 0 Å². The van der Waals surface area contributed by atoms with Crippen LogP contribution in [0.25, 0.3) is 0 Å². The van der Waals surface area contributed by atoms with E-state index in [9.17, 15) is 24.3 Å². The van der Waals surface area contributed by atoms with Crippen LogP contribution in [0.15, 0.2) is 54.6 Å². The van der Waals surface area contributed by atoms with E-state index in [0.717, 1.165) is 11.1 Å². The molecule has 2 amide bonds. The molecule has 0 radical (unpaired) electrons. The second kappa shape index (κ2) is 14.1. The van der Waals surface area contributed by atoms with Gasteiger partial charge in [-0.15, -0.1) is 0 Å². The lowest BCUT2D eigenvalue weighted by Crippen LogP contribution is -2.50. The van der Waals surface area contributed by atoms with Crippen LogP contribution < -0.4 is 15.4 Å². The number of epoxide rings is 1. The number of amides is 2. The number of carbonyl (C=O) groups excluding carboxylic acids is 4. The van der Waals surface area contributed by atoms with Gasteiger partial charge in [0.2, 0.25) is 11.8 Å². The van der Waals surface area contributed by atoms with Gasteiger partial charge in [-0.25, -0.2) is 0 Å². The van der Waals surface area contributed by atoms with Crippen molar-refractivity contribution >= 4 is 23.4 Å². The number of hydrogen-bond acceptors (Lipinski definition) is 7. The van der Waals surface area contributed by atoms with Gasteiger partial charge in [0, 0.05) is 18.3 Å². The second-order valence-electron chi connectivity index (χ2n) is 11.8. The standard InChI is InChI=1S/C33H42N2O7/c1-21(34-31(39)24-11-13-26(36)14-12-24)29(37)19-25(17-23-9-15-27(41-3)16-10-23)32(40)35-28(30(38)33(2)20-42-33)18-22-7-5-4-6-8-22/h4-10,15-16,21,24-26,28,36H,11-14,17-20H2,1-3H3,(H,34,39)(H,35,40). The molecule has 3 N–H and O–H groups in total. The Balaban J connectivity index is 1.48. The lowest BCUT2D eigenvalue weighted by Gasteiger charge is -2.26. The highest BCUT2D eigenvalue weighted by molar-refractivity contribution is 5.98. The van der Waals surface area contributed by atoms with E-state index in [4.69, 9.17) is 9.47 Å². The van der Waals surface area contributed by atoms with Crippen molar-refractivity contribution in [1.82, 2.24) is 10.6 Å². The van der Waals surface area contributed by atoms with Crippen LogP contribution in [0.5, 0.6) is 5.75 Å². The molecule has 226 valence electrons. The molecule has 0 spiro atoms. The number of nitrogens with one attached hydrogen (secondary N) is 2. The van der Waals surface area contributed by atoms with Crippen molar-refractivity contribution in [2.75, 3.05) is 13.7 Å². The van der Waals surface area contributed by atoms with E-state index < -0.39 is 29.5 Å². The van der Waals surface area contributed by atoms with Gasteiger partial charge in [-0.1, -0.05) is 42.5 Å². The third-order valence-electron chi connectivity index (χ3n) is 8.38. The quantitative estimate of drug-likeness (QED) is 0.294. The van der Waals surface area contributed by atoms with Crippen molar-refractivity contribution in [3.8, 4) is 5.75 Å². The van der Waals surface area contributed by atoms with E-state index in [1.54, 1.807) is 33.1 Å². The first-order valence-electron chi connectivity index (χ1n) is 14.7. The maximum Gasteiger partial charge on any atom is 0.224 e. The summed E-state index contributed by atoms with van der Waals surface area (Å²) in [5, 5.41) is 15.5. The zero-order valence-electron chi connectivity index (χ0n) is 24.6. The fourth-order valence-corrected chi connectivity index (χ4v) is 5.44. The third-order valence-corrected chi connectivity index (χ3v) is 8.38. The summed E-state index contributed by atoms with van der Waals surface area (Å²) in [6.07, 6.45) is 2.37. The molecule has 1 aliphatic heterocycles. The molecule has 0 aromatic heterocycles. The first-order valence-corrected chi connectivity index (χ1v) is 14.7. The number of ether oxygens (including phenoxy) is 2. The number of methoxy groups -OCH3 is 1. The van der Waals surface area contributed by atoms with Crippen LogP contribution in [0.2, 0.25) is 0 Å². The first kappa shape index (κ1) is 31.4. The van der Waals surface area contributed by atoms with Gasteiger partial charge in [0.1, 0.15) is 11.4 Å². The third kappa shape index (κ3) is 8.49. The minimum absolute atomic E-state index is 0.108. The molecule has 2 aromatic carbocycles. The second-order valence-corrected chi connectivity index (χ2v) is 11.8. The maximum absolute atomic E-state index is 13.8. The molecule has 1 saturated carbocycles. The predicted octanol–water partition coefficient (Wildman–Crippen LogP) is 2.95. The molecule has 42 heavy (non-hydrogen) atoms. The van der Waals surface area contributed by atoms with Crippen LogP contribution in [0.3, 0.4) is 0 Å². The lowest BCUT2D eigenvalue weighted by atomic mass is 9.86. The number of carbonyl (C=O) groups is 4. The molecule has 1 saturated heterocycles. The Morgan fingerprint density at radius 1 is 0.952 bits per heavy atom. The van der Waals surface area contributed by atoms with Crippen molar-refractivity contribution < 1.29 is 33.8 Å². The Morgan fingerprint density at radius 2 is 1.57 bits per heavy atom. The van der Waals surface area contributed by atoms with Crippen LogP contribution in [0.4, 0.5) is 0 Å². The van der Waals surface area contributed by atoms with E-state index in [2.05, 4.69) is 10.6 Å². The van der Waals surface area contributed by atoms with Gasteiger partial charge in [-0.05, 0) is 75.6 Å². The number of hydrogen-bond donors (Lipinski definition) is 3. The largest absolute Gasteiger partial charge is 0.497 e. The van der Waals surface area contributed by atoms with Gasteiger partial charge in [-0.2, -0.15) is 0 Å². The summed E-state index contributed by atoms with van der Waals surface area (Å²) in [7, 11) is 1.57. The molecule has 1 aliphatic carbocycles. The monoisotopic (exact) mass is 578 g/mol. The SMILES string of the molecule is COc1ccc(CC(CC(=O)C(C)NC(=O)C2CCC(O)CC2)C(=O)NC(Cc2ccccc2)C(=O)C2(C)CO2)cc1. The molecule has 4 unspecified atom stereocenters. The highest BCUT2D eigenvalue weighted by atomic mass is 16.6. The Hall–Kier alpha value is -3.56. The summed E-state index contributed by atoms with van der Waals surface area (Å²) in [6, 6.07) is 15.1. The summed E-state index contributed by atoms with van der Waals surface area (Å²) in [6.45, 7) is 3.65. The van der Waals surface area contributed by atoms with Crippen LogP contribution in [-0.2, 0) is 36.8 Å². The number of rotatable bonds is 14. The Bertz CT molecular complexity index is 1230. The lowest BCUT2D eigenvalue weighted by molar-refractivity contribution is -0.135. The number of aliphatic hydroxyl groups is 1. The minimum atomic E-state index is -0.929. The first-order chi connectivity index (χ1) is 20.1. The number of Topliss-reactive ketones (excluding diaryl/α,β-unsaturated/α-hetero) is 2. The molecule has 4 rings (SSSR count). The summed E-state index contributed by atoms with van der Waals surface area (Å²) < 4.78 is 10.7. The topological polar surface area (TPSA) is 134 Å². The highest BCUT2D eigenvalue weighted by Crippen LogP contribution is 2.29. The van der Waals surface area contributed by atoms with Crippen LogP contribution in [-0.4, -0.2) is 66.0 Å². The summed E-state index contributed by atoms with van der Waals surface area (Å²) in [5.41, 5.74) is 0.807. The van der Waals surface area contributed by atoms with E-state index >= 15 is 0 Å². The Kier molecular flexibility index (Phi) is 10.5. The van der Waals surface area contributed by atoms with Crippen molar-refractivity contribution in [1.29, 1.82) is 0 Å². The van der Waals surface area contributed by atoms with Gasteiger partial charge in [-0.3, -0.25) is 19.2 Å². The van der Waals surface area contributed by atoms with E-state index in [-0.39, 0.29) is 42.3 Å².